The second kappa shape index (κ2) is 4.27. The molecule has 0 unspecified atom stereocenters. The highest BCUT2D eigenvalue weighted by Gasteiger charge is 2.07. The third-order valence-electron chi connectivity index (χ3n) is 3.07. The minimum Gasteiger partial charge on any atom is -0.298 e. The van der Waals surface area contributed by atoms with E-state index in [0.717, 1.165) is 27.8 Å². The van der Waals surface area contributed by atoms with E-state index in [1.54, 1.807) is 18.2 Å². The van der Waals surface area contributed by atoms with Crippen molar-refractivity contribution in [3.05, 3.63) is 58.1 Å². The molecule has 0 amide bonds. The van der Waals surface area contributed by atoms with Gasteiger partial charge in [0.1, 0.15) is 0 Å². The average molecular weight is 275 g/mol. The largest absolute Gasteiger partial charge is 0.298 e. The van der Waals surface area contributed by atoms with Crippen LogP contribution in [-0.4, -0.2) is 6.29 Å². The fourth-order valence-corrected chi connectivity index (χ4v) is 2.61. The van der Waals surface area contributed by atoms with E-state index in [1.807, 2.05) is 24.3 Å². The first-order valence-electron chi connectivity index (χ1n) is 5.46. The van der Waals surface area contributed by atoms with Crippen molar-refractivity contribution in [2.75, 3.05) is 0 Å². The van der Waals surface area contributed by atoms with Crippen molar-refractivity contribution in [3.8, 4) is 0 Å². The van der Waals surface area contributed by atoms with E-state index in [-0.39, 0.29) is 0 Å². The summed E-state index contributed by atoms with van der Waals surface area (Å²) in [5.41, 5.74) is 0.658. The molecule has 0 aliphatic carbocycles. The van der Waals surface area contributed by atoms with Crippen LogP contribution in [-0.2, 0) is 0 Å². The van der Waals surface area contributed by atoms with Crippen LogP contribution in [0.25, 0.3) is 21.5 Å². The SMILES string of the molecule is O=Cc1cccc2cc3c(Cl)ccc(Cl)c3cc12. The van der Waals surface area contributed by atoms with Gasteiger partial charge in [0, 0.05) is 26.4 Å². The number of hydrogen-bond acceptors (Lipinski definition) is 1. The second-order valence-electron chi connectivity index (χ2n) is 4.11. The van der Waals surface area contributed by atoms with Gasteiger partial charge in [-0.05, 0) is 35.0 Å². The molecule has 0 spiro atoms. The highest BCUT2D eigenvalue weighted by atomic mass is 35.5. The van der Waals surface area contributed by atoms with Crippen LogP contribution in [0.2, 0.25) is 10.0 Å². The van der Waals surface area contributed by atoms with Crippen molar-refractivity contribution >= 4 is 51.0 Å². The van der Waals surface area contributed by atoms with Gasteiger partial charge in [-0.15, -0.1) is 0 Å². The molecule has 0 heterocycles. The first-order valence-corrected chi connectivity index (χ1v) is 6.22. The predicted molar refractivity (Wildman–Crippen MR) is 76.9 cm³/mol. The molecule has 0 atom stereocenters. The van der Waals surface area contributed by atoms with Crippen LogP contribution in [0.4, 0.5) is 0 Å². The smallest absolute Gasteiger partial charge is 0.150 e. The van der Waals surface area contributed by atoms with E-state index in [1.165, 1.54) is 0 Å². The molecule has 3 rings (SSSR count). The van der Waals surface area contributed by atoms with Crippen LogP contribution in [0.1, 0.15) is 10.4 Å². The van der Waals surface area contributed by atoms with Gasteiger partial charge in [-0.25, -0.2) is 0 Å². The Morgan fingerprint density at radius 1 is 0.833 bits per heavy atom. The minimum atomic E-state index is 0.636. The van der Waals surface area contributed by atoms with Crippen molar-refractivity contribution in [2.45, 2.75) is 0 Å². The molecule has 3 heteroatoms. The highest BCUT2D eigenvalue weighted by Crippen LogP contribution is 2.33. The van der Waals surface area contributed by atoms with Crippen molar-refractivity contribution in [3.63, 3.8) is 0 Å². The Bertz CT molecular complexity index is 778. The van der Waals surface area contributed by atoms with Gasteiger partial charge in [0.2, 0.25) is 0 Å². The molecule has 3 aromatic rings. The Kier molecular flexibility index (Phi) is 2.73. The summed E-state index contributed by atoms with van der Waals surface area (Å²) in [4.78, 5) is 11.0. The van der Waals surface area contributed by atoms with Gasteiger partial charge >= 0.3 is 0 Å². The molecule has 3 aromatic carbocycles. The molecule has 88 valence electrons. The average Bonchev–Trinajstić information content (AvgIpc) is 2.41. The number of rotatable bonds is 1. The lowest BCUT2D eigenvalue weighted by Gasteiger charge is -2.07. The molecule has 0 aromatic heterocycles. The Labute approximate surface area is 114 Å². The van der Waals surface area contributed by atoms with Crippen molar-refractivity contribution < 1.29 is 4.79 Å². The summed E-state index contributed by atoms with van der Waals surface area (Å²) in [5, 5.41) is 4.94. The zero-order chi connectivity index (χ0) is 12.7. The molecule has 0 aliphatic rings. The molecule has 1 nitrogen and oxygen atoms in total. The van der Waals surface area contributed by atoms with Crippen molar-refractivity contribution in [1.29, 1.82) is 0 Å². The molecule has 0 aliphatic heterocycles. The zero-order valence-corrected chi connectivity index (χ0v) is 10.8. The summed E-state index contributed by atoms with van der Waals surface area (Å²) in [6.07, 6.45) is 0.854. The van der Waals surface area contributed by atoms with Crippen LogP contribution in [0.3, 0.4) is 0 Å². The Balaban J connectivity index is 2.55. The number of carbonyl (C=O) groups excluding carboxylic acids is 1. The van der Waals surface area contributed by atoms with Crippen LogP contribution in [0, 0.1) is 0 Å². The number of benzene rings is 3. The summed E-state index contributed by atoms with van der Waals surface area (Å²) in [5.74, 6) is 0. The van der Waals surface area contributed by atoms with Gasteiger partial charge in [0.05, 0.1) is 0 Å². The molecular weight excluding hydrogens is 267 g/mol. The normalized spacial score (nSPS) is 11.0. The van der Waals surface area contributed by atoms with Gasteiger partial charge in [-0.2, -0.15) is 0 Å². The molecule has 18 heavy (non-hydrogen) atoms. The molecular formula is C15H8Cl2O. The van der Waals surface area contributed by atoms with Crippen molar-refractivity contribution in [1.82, 2.24) is 0 Å². The Morgan fingerprint density at radius 2 is 1.50 bits per heavy atom. The van der Waals surface area contributed by atoms with Gasteiger partial charge < -0.3 is 0 Å². The lowest BCUT2D eigenvalue weighted by Crippen LogP contribution is -1.85. The lowest BCUT2D eigenvalue weighted by molar-refractivity contribution is 0.112. The molecule has 0 saturated heterocycles. The summed E-state index contributed by atoms with van der Waals surface area (Å²) >= 11 is 12.4. The lowest BCUT2D eigenvalue weighted by atomic mass is 10.0. The van der Waals surface area contributed by atoms with E-state index in [9.17, 15) is 4.79 Å². The van der Waals surface area contributed by atoms with Gasteiger partial charge in [-0.1, -0.05) is 41.4 Å². The molecule has 0 radical (unpaired) electrons. The third kappa shape index (κ3) is 1.67. The topological polar surface area (TPSA) is 17.1 Å². The standard InChI is InChI=1S/C15H8Cl2O/c16-14-4-5-15(17)13-7-11-9(6-12(13)14)2-1-3-10(11)8-18/h1-8H. The van der Waals surface area contributed by atoms with Crippen LogP contribution in [0.15, 0.2) is 42.5 Å². The molecule has 0 fully saturated rings. The quantitative estimate of drug-likeness (QED) is 0.445. The predicted octanol–water partition coefficient (Wildman–Crippen LogP) is 5.11. The fourth-order valence-electron chi connectivity index (χ4n) is 2.17. The fraction of sp³-hybridized carbons (Fsp3) is 0. The number of hydrogen-bond donors (Lipinski definition) is 0. The van der Waals surface area contributed by atoms with Crippen LogP contribution < -0.4 is 0 Å². The summed E-state index contributed by atoms with van der Waals surface area (Å²) < 4.78 is 0. The monoisotopic (exact) mass is 274 g/mol. The number of carbonyl (C=O) groups is 1. The van der Waals surface area contributed by atoms with E-state index in [4.69, 9.17) is 23.2 Å². The summed E-state index contributed by atoms with van der Waals surface area (Å²) in [7, 11) is 0. The molecule has 0 saturated carbocycles. The van der Waals surface area contributed by atoms with Crippen molar-refractivity contribution in [2.24, 2.45) is 0 Å². The minimum absolute atomic E-state index is 0.636. The van der Waals surface area contributed by atoms with E-state index < -0.39 is 0 Å². The maximum atomic E-state index is 11.0. The van der Waals surface area contributed by atoms with Gasteiger partial charge in [0.25, 0.3) is 0 Å². The highest BCUT2D eigenvalue weighted by molar-refractivity contribution is 6.40. The first-order chi connectivity index (χ1) is 8.70. The van der Waals surface area contributed by atoms with Crippen LogP contribution >= 0.6 is 23.2 Å². The van der Waals surface area contributed by atoms with E-state index in [2.05, 4.69) is 0 Å². The maximum Gasteiger partial charge on any atom is 0.150 e. The maximum absolute atomic E-state index is 11.0. The molecule has 0 bridgehead atoms. The van der Waals surface area contributed by atoms with Crippen LogP contribution in [0.5, 0.6) is 0 Å². The summed E-state index contributed by atoms with van der Waals surface area (Å²) in [6, 6.07) is 13.0. The van der Waals surface area contributed by atoms with E-state index in [0.29, 0.717) is 15.6 Å². The van der Waals surface area contributed by atoms with Gasteiger partial charge in [0.15, 0.2) is 6.29 Å². The number of fused-ring (bicyclic) bond motifs is 2. The second-order valence-corrected chi connectivity index (χ2v) is 4.93. The van der Waals surface area contributed by atoms with Gasteiger partial charge in [-0.3, -0.25) is 4.79 Å². The third-order valence-corrected chi connectivity index (χ3v) is 3.73. The molecule has 0 N–H and O–H groups in total. The number of aldehydes is 1. The Morgan fingerprint density at radius 3 is 2.17 bits per heavy atom. The Hall–Kier alpha value is -1.57. The number of halogens is 2. The van der Waals surface area contributed by atoms with E-state index >= 15 is 0 Å². The zero-order valence-electron chi connectivity index (χ0n) is 9.28. The summed E-state index contributed by atoms with van der Waals surface area (Å²) in [6.45, 7) is 0. The first kappa shape index (κ1) is 11.5.